The van der Waals surface area contributed by atoms with Gasteiger partial charge in [-0.25, -0.2) is 13.8 Å². The Labute approximate surface area is 77.7 Å². The Bertz CT molecular complexity index is 381. The van der Waals surface area contributed by atoms with Gasteiger partial charge in [-0.15, -0.1) is 0 Å². The van der Waals surface area contributed by atoms with Crippen molar-refractivity contribution >= 4 is 11.4 Å². The molecule has 2 N–H and O–H groups in total. The van der Waals surface area contributed by atoms with Crippen molar-refractivity contribution in [1.29, 1.82) is 0 Å². The van der Waals surface area contributed by atoms with Crippen molar-refractivity contribution < 1.29 is 13.7 Å². The standard InChI is InChI=1S/C7H7F2N3O2/c1-3-4(10)2-5(12(13)14)6(11-3)7(8)9/h2,7H,10H2,1H3. The molecule has 0 aliphatic heterocycles. The van der Waals surface area contributed by atoms with Gasteiger partial charge in [0.1, 0.15) is 0 Å². The van der Waals surface area contributed by atoms with Gasteiger partial charge in [-0.05, 0) is 6.92 Å². The number of pyridine rings is 1. The lowest BCUT2D eigenvalue weighted by molar-refractivity contribution is -0.386. The molecule has 1 heterocycles. The van der Waals surface area contributed by atoms with Gasteiger partial charge in [0.05, 0.1) is 16.3 Å². The Kier molecular flexibility index (Phi) is 2.59. The van der Waals surface area contributed by atoms with E-state index in [1.54, 1.807) is 0 Å². The summed E-state index contributed by atoms with van der Waals surface area (Å²) in [7, 11) is 0. The zero-order chi connectivity index (χ0) is 10.9. The summed E-state index contributed by atoms with van der Waals surface area (Å²) < 4.78 is 24.6. The third-order valence-electron chi connectivity index (χ3n) is 1.66. The fraction of sp³-hybridized carbons (Fsp3) is 0.286. The summed E-state index contributed by atoms with van der Waals surface area (Å²) in [6.45, 7) is 1.41. The van der Waals surface area contributed by atoms with Gasteiger partial charge in [0, 0.05) is 6.07 Å². The van der Waals surface area contributed by atoms with Crippen LogP contribution in [0, 0.1) is 17.0 Å². The Morgan fingerprint density at radius 1 is 1.64 bits per heavy atom. The summed E-state index contributed by atoms with van der Waals surface area (Å²) in [6, 6.07) is 0.893. The number of nitrogens with two attached hydrogens (primary N) is 1. The quantitative estimate of drug-likeness (QED) is 0.587. The van der Waals surface area contributed by atoms with Crippen LogP contribution >= 0.6 is 0 Å². The van der Waals surface area contributed by atoms with Gasteiger partial charge in [0.15, 0.2) is 5.69 Å². The van der Waals surface area contributed by atoms with E-state index in [-0.39, 0.29) is 11.4 Å². The first-order valence-corrected chi connectivity index (χ1v) is 3.63. The molecule has 1 aromatic heterocycles. The van der Waals surface area contributed by atoms with E-state index in [0.29, 0.717) is 0 Å². The lowest BCUT2D eigenvalue weighted by Gasteiger charge is -2.04. The lowest BCUT2D eigenvalue weighted by Crippen LogP contribution is -2.03. The number of aromatic nitrogens is 1. The van der Waals surface area contributed by atoms with Crippen LogP contribution in [0.2, 0.25) is 0 Å². The molecule has 0 fully saturated rings. The van der Waals surface area contributed by atoms with Crippen LogP contribution in [0.5, 0.6) is 0 Å². The number of halogens is 2. The summed E-state index contributed by atoms with van der Waals surface area (Å²) in [4.78, 5) is 12.8. The van der Waals surface area contributed by atoms with Crippen molar-refractivity contribution in [1.82, 2.24) is 4.98 Å². The molecule has 14 heavy (non-hydrogen) atoms. The lowest BCUT2D eigenvalue weighted by atomic mass is 10.2. The zero-order valence-corrected chi connectivity index (χ0v) is 7.20. The SMILES string of the molecule is Cc1nc(C(F)F)c([N+](=O)[O-])cc1N. The minimum Gasteiger partial charge on any atom is -0.397 e. The molecule has 0 radical (unpaired) electrons. The second kappa shape index (κ2) is 3.52. The third-order valence-corrected chi connectivity index (χ3v) is 1.66. The maximum atomic E-state index is 12.3. The van der Waals surface area contributed by atoms with Gasteiger partial charge in [-0.3, -0.25) is 10.1 Å². The molecule has 0 bridgehead atoms. The number of aryl methyl sites for hydroxylation is 1. The minimum atomic E-state index is -2.98. The highest BCUT2D eigenvalue weighted by molar-refractivity contribution is 5.52. The number of alkyl halides is 2. The number of anilines is 1. The first-order valence-electron chi connectivity index (χ1n) is 3.63. The fourth-order valence-electron chi connectivity index (χ4n) is 0.935. The summed E-state index contributed by atoms with van der Waals surface area (Å²) >= 11 is 0. The minimum absolute atomic E-state index is 0.0288. The van der Waals surface area contributed by atoms with Crippen molar-refractivity contribution in [3.8, 4) is 0 Å². The molecule has 0 spiro atoms. The van der Waals surface area contributed by atoms with Crippen LogP contribution in [0.4, 0.5) is 20.2 Å². The van der Waals surface area contributed by atoms with Gasteiger partial charge in [0.25, 0.3) is 12.1 Å². The normalized spacial score (nSPS) is 10.6. The number of hydrogen-bond donors (Lipinski definition) is 1. The van der Waals surface area contributed by atoms with Crippen LogP contribution in [-0.2, 0) is 0 Å². The summed E-state index contributed by atoms with van der Waals surface area (Å²) in [5.41, 5.74) is 3.91. The van der Waals surface area contributed by atoms with Crippen LogP contribution in [0.3, 0.4) is 0 Å². The number of nitrogens with zero attached hydrogens (tertiary/aromatic N) is 2. The van der Waals surface area contributed by atoms with Crippen molar-refractivity contribution in [3.63, 3.8) is 0 Å². The van der Waals surface area contributed by atoms with Crippen LogP contribution in [0.15, 0.2) is 6.07 Å². The average Bonchev–Trinajstić information content (AvgIpc) is 2.08. The topological polar surface area (TPSA) is 82.0 Å². The molecule has 1 aromatic rings. The first kappa shape index (κ1) is 10.3. The highest BCUT2D eigenvalue weighted by atomic mass is 19.3. The summed E-state index contributed by atoms with van der Waals surface area (Å²) in [5.74, 6) is 0. The van der Waals surface area contributed by atoms with E-state index in [4.69, 9.17) is 5.73 Å². The monoisotopic (exact) mass is 203 g/mol. The number of nitrogen functional groups attached to an aromatic ring is 1. The number of nitro groups is 1. The molecular weight excluding hydrogens is 196 g/mol. The van der Waals surface area contributed by atoms with E-state index in [0.717, 1.165) is 6.07 Å². The highest BCUT2D eigenvalue weighted by Gasteiger charge is 2.24. The van der Waals surface area contributed by atoms with Crippen LogP contribution < -0.4 is 5.73 Å². The molecule has 0 saturated carbocycles. The average molecular weight is 203 g/mol. The molecule has 0 saturated heterocycles. The molecule has 0 aliphatic rings. The first-order chi connectivity index (χ1) is 6.43. The molecular formula is C7H7F2N3O2. The van der Waals surface area contributed by atoms with Crippen molar-refractivity contribution in [3.05, 3.63) is 27.6 Å². The zero-order valence-electron chi connectivity index (χ0n) is 7.20. The van der Waals surface area contributed by atoms with E-state index >= 15 is 0 Å². The Morgan fingerprint density at radius 2 is 2.21 bits per heavy atom. The van der Waals surface area contributed by atoms with E-state index in [1.807, 2.05) is 0 Å². The Balaban J connectivity index is 3.39. The molecule has 0 atom stereocenters. The molecule has 76 valence electrons. The Morgan fingerprint density at radius 3 is 2.64 bits per heavy atom. The van der Waals surface area contributed by atoms with Gasteiger partial charge in [-0.1, -0.05) is 0 Å². The molecule has 0 amide bonds. The molecule has 0 aliphatic carbocycles. The molecule has 5 nitrogen and oxygen atoms in total. The Hall–Kier alpha value is -1.79. The predicted molar refractivity (Wildman–Crippen MR) is 45.0 cm³/mol. The van der Waals surface area contributed by atoms with Crippen LogP contribution in [0.25, 0.3) is 0 Å². The summed E-state index contributed by atoms with van der Waals surface area (Å²) in [6.07, 6.45) is -2.98. The van der Waals surface area contributed by atoms with E-state index in [9.17, 15) is 18.9 Å². The van der Waals surface area contributed by atoms with Gasteiger partial charge >= 0.3 is 0 Å². The van der Waals surface area contributed by atoms with Crippen LogP contribution in [0.1, 0.15) is 17.8 Å². The maximum Gasteiger partial charge on any atom is 0.298 e. The van der Waals surface area contributed by atoms with Crippen molar-refractivity contribution in [2.45, 2.75) is 13.3 Å². The van der Waals surface area contributed by atoms with Crippen molar-refractivity contribution in [2.75, 3.05) is 5.73 Å². The maximum absolute atomic E-state index is 12.3. The van der Waals surface area contributed by atoms with Gasteiger partial charge in [-0.2, -0.15) is 0 Å². The second-order valence-electron chi connectivity index (χ2n) is 2.63. The molecule has 0 unspecified atom stereocenters. The largest absolute Gasteiger partial charge is 0.397 e. The van der Waals surface area contributed by atoms with Crippen molar-refractivity contribution in [2.24, 2.45) is 0 Å². The van der Waals surface area contributed by atoms with Gasteiger partial charge < -0.3 is 5.73 Å². The predicted octanol–water partition coefficient (Wildman–Crippen LogP) is 1.82. The smallest absolute Gasteiger partial charge is 0.298 e. The molecule has 0 aromatic carbocycles. The molecule has 1 rings (SSSR count). The second-order valence-corrected chi connectivity index (χ2v) is 2.63. The summed E-state index contributed by atoms with van der Waals surface area (Å²) in [5, 5.41) is 10.4. The highest BCUT2D eigenvalue weighted by Crippen LogP contribution is 2.29. The van der Waals surface area contributed by atoms with E-state index in [1.165, 1.54) is 6.92 Å². The van der Waals surface area contributed by atoms with Crippen LogP contribution in [-0.4, -0.2) is 9.91 Å². The van der Waals surface area contributed by atoms with E-state index < -0.39 is 22.7 Å². The van der Waals surface area contributed by atoms with E-state index in [2.05, 4.69) is 4.98 Å². The number of hydrogen-bond acceptors (Lipinski definition) is 4. The number of rotatable bonds is 2. The fourth-order valence-corrected chi connectivity index (χ4v) is 0.935. The van der Waals surface area contributed by atoms with Gasteiger partial charge in [0.2, 0.25) is 0 Å². The molecule has 7 heteroatoms. The third kappa shape index (κ3) is 1.76.